The summed E-state index contributed by atoms with van der Waals surface area (Å²) < 4.78 is 13.7. The zero-order valence-corrected chi connectivity index (χ0v) is 11.2. The van der Waals surface area contributed by atoms with Crippen molar-refractivity contribution in [3.8, 4) is 0 Å². The highest BCUT2D eigenvalue weighted by atomic mass is 35.5. The molecule has 16 heavy (non-hydrogen) atoms. The second-order valence-electron chi connectivity index (χ2n) is 5.49. The summed E-state index contributed by atoms with van der Waals surface area (Å²) in [5, 5.41) is 0. The van der Waals surface area contributed by atoms with Gasteiger partial charge in [0, 0.05) is 13.1 Å². The highest BCUT2D eigenvalue weighted by molar-refractivity contribution is 6.54. The minimum atomic E-state index is -0.253. The number of rotatable bonds is 1. The Labute approximate surface area is 103 Å². The van der Waals surface area contributed by atoms with Gasteiger partial charge in [-0.1, -0.05) is 6.08 Å². The Kier molecular flexibility index (Phi) is 3.12. The molecule has 2 aliphatic heterocycles. The van der Waals surface area contributed by atoms with Gasteiger partial charge in [-0.25, -0.2) is 4.42 Å². The first kappa shape index (κ1) is 12.4. The third kappa shape index (κ3) is 2.16. The lowest BCUT2D eigenvalue weighted by Crippen LogP contribution is -2.41. The molecule has 0 aromatic carbocycles. The smallest absolute Gasteiger partial charge is 0.400 e. The maximum atomic E-state index is 5.99. The molecule has 0 radical (unpaired) electrons. The lowest BCUT2D eigenvalue weighted by Gasteiger charge is -2.32. The van der Waals surface area contributed by atoms with E-state index in [1.807, 2.05) is 0 Å². The van der Waals surface area contributed by atoms with Crippen LogP contribution in [0.1, 0.15) is 34.1 Å². The van der Waals surface area contributed by atoms with E-state index in [1.165, 1.54) is 5.47 Å². The molecule has 0 spiro atoms. The Morgan fingerprint density at radius 2 is 1.81 bits per heavy atom. The fraction of sp³-hybridized carbons (Fsp3) is 0.818. The molecule has 0 unspecified atom stereocenters. The molecule has 3 nitrogen and oxygen atoms in total. The number of hydrogen-bond acceptors (Lipinski definition) is 3. The molecular weight excluding hydrogens is 224 g/mol. The minimum Gasteiger partial charge on any atom is -0.400 e. The molecule has 0 aromatic heterocycles. The van der Waals surface area contributed by atoms with Crippen molar-refractivity contribution in [1.29, 1.82) is 0 Å². The molecule has 0 amide bonds. The monoisotopic (exact) mass is 243 g/mol. The van der Waals surface area contributed by atoms with Gasteiger partial charge < -0.3 is 9.31 Å². The molecule has 2 heterocycles. The Morgan fingerprint density at radius 3 is 2.25 bits per heavy atom. The third-order valence-corrected chi connectivity index (χ3v) is 4.06. The van der Waals surface area contributed by atoms with E-state index in [2.05, 4.69) is 33.8 Å². The molecule has 0 aromatic rings. The van der Waals surface area contributed by atoms with Crippen LogP contribution in [-0.4, -0.2) is 35.8 Å². The summed E-state index contributed by atoms with van der Waals surface area (Å²) >= 11 is 5.91. The van der Waals surface area contributed by atoms with Gasteiger partial charge in [-0.05, 0) is 51.4 Å². The van der Waals surface area contributed by atoms with Crippen molar-refractivity contribution in [3.05, 3.63) is 11.5 Å². The lowest BCUT2D eigenvalue weighted by molar-refractivity contribution is 0.00578. The van der Waals surface area contributed by atoms with Gasteiger partial charge in [-0.3, -0.25) is 0 Å². The van der Waals surface area contributed by atoms with Crippen LogP contribution >= 0.6 is 11.8 Å². The zero-order chi connectivity index (χ0) is 12.0. The van der Waals surface area contributed by atoms with Gasteiger partial charge in [0.2, 0.25) is 0 Å². The van der Waals surface area contributed by atoms with Gasteiger partial charge in [0.1, 0.15) is 0 Å². The molecule has 0 aliphatic carbocycles. The van der Waals surface area contributed by atoms with Gasteiger partial charge in [0.15, 0.2) is 0 Å². The van der Waals surface area contributed by atoms with E-state index in [-0.39, 0.29) is 18.3 Å². The van der Waals surface area contributed by atoms with E-state index in [1.54, 1.807) is 4.42 Å². The molecular formula is C11H19BClNO2. The Morgan fingerprint density at radius 1 is 1.25 bits per heavy atom. The van der Waals surface area contributed by atoms with Crippen molar-refractivity contribution >= 4 is 18.9 Å². The first-order valence-corrected chi connectivity index (χ1v) is 6.11. The van der Waals surface area contributed by atoms with Crippen LogP contribution in [-0.2, 0) is 9.31 Å². The van der Waals surface area contributed by atoms with Crippen LogP contribution in [0.25, 0.3) is 0 Å². The molecule has 2 rings (SSSR count). The van der Waals surface area contributed by atoms with Crippen molar-refractivity contribution in [3.63, 3.8) is 0 Å². The van der Waals surface area contributed by atoms with Crippen LogP contribution in [0.5, 0.6) is 0 Å². The van der Waals surface area contributed by atoms with E-state index in [0.717, 1.165) is 19.5 Å². The molecule has 1 saturated heterocycles. The minimum absolute atomic E-state index is 0.199. The van der Waals surface area contributed by atoms with E-state index < -0.39 is 0 Å². The van der Waals surface area contributed by atoms with Gasteiger partial charge >= 0.3 is 7.12 Å². The van der Waals surface area contributed by atoms with Crippen molar-refractivity contribution in [2.75, 3.05) is 13.1 Å². The molecule has 0 atom stereocenters. The number of hydrogen-bond donors (Lipinski definition) is 0. The predicted molar refractivity (Wildman–Crippen MR) is 66.2 cm³/mol. The Balaban J connectivity index is 2.09. The standard InChI is InChI=1S/C11H19BClNO2/c1-10(2)11(3,4)16-12(15-10)9-5-7-14(13)8-6-9/h5H,6-8H2,1-4H3. The average molecular weight is 244 g/mol. The Bertz CT molecular complexity index is 301. The molecule has 5 heteroatoms. The quantitative estimate of drug-likeness (QED) is 0.521. The molecule has 90 valence electrons. The summed E-state index contributed by atoms with van der Waals surface area (Å²) in [5.41, 5.74) is 0.711. The first-order chi connectivity index (χ1) is 7.32. The van der Waals surface area contributed by atoms with E-state index in [0.29, 0.717) is 0 Å². The van der Waals surface area contributed by atoms with Gasteiger partial charge in [-0.15, -0.1) is 0 Å². The van der Waals surface area contributed by atoms with Gasteiger partial charge in [-0.2, -0.15) is 0 Å². The van der Waals surface area contributed by atoms with Gasteiger partial charge in [0.05, 0.1) is 11.2 Å². The third-order valence-electron chi connectivity index (χ3n) is 3.75. The van der Waals surface area contributed by atoms with Crippen LogP contribution in [0, 0.1) is 0 Å². The van der Waals surface area contributed by atoms with Crippen LogP contribution in [0.2, 0.25) is 0 Å². The van der Waals surface area contributed by atoms with Crippen LogP contribution < -0.4 is 0 Å². The highest BCUT2D eigenvalue weighted by Crippen LogP contribution is 2.39. The molecule has 0 saturated carbocycles. The Hall–Kier alpha value is -0.0251. The maximum absolute atomic E-state index is 5.99. The number of nitrogens with zero attached hydrogens (tertiary/aromatic N) is 1. The van der Waals surface area contributed by atoms with E-state index >= 15 is 0 Å². The van der Waals surface area contributed by atoms with Crippen molar-refractivity contribution in [2.24, 2.45) is 0 Å². The van der Waals surface area contributed by atoms with Crippen LogP contribution in [0.3, 0.4) is 0 Å². The van der Waals surface area contributed by atoms with E-state index in [4.69, 9.17) is 21.1 Å². The SMILES string of the molecule is CC1(C)OB(C2=CCN(Cl)CC2)OC1(C)C. The largest absolute Gasteiger partial charge is 0.490 e. The maximum Gasteiger partial charge on any atom is 0.490 e. The lowest BCUT2D eigenvalue weighted by atomic mass is 9.75. The van der Waals surface area contributed by atoms with Crippen molar-refractivity contribution in [2.45, 2.75) is 45.3 Å². The summed E-state index contributed by atoms with van der Waals surface area (Å²) in [6.45, 7) is 9.92. The highest BCUT2D eigenvalue weighted by Gasteiger charge is 2.52. The topological polar surface area (TPSA) is 21.7 Å². The molecule has 0 N–H and O–H groups in total. The summed E-state index contributed by atoms with van der Waals surface area (Å²) in [7, 11) is -0.199. The number of halogens is 1. The summed E-state index contributed by atoms with van der Waals surface area (Å²) in [4.78, 5) is 0. The fourth-order valence-corrected chi connectivity index (χ4v) is 2.02. The van der Waals surface area contributed by atoms with Crippen molar-refractivity contribution in [1.82, 2.24) is 4.42 Å². The van der Waals surface area contributed by atoms with Crippen molar-refractivity contribution < 1.29 is 9.31 Å². The first-order valence-electron chi connectivity index (χ1n) is 5.77. The molecule has 1 fully saturated rings. The zero-order valence-electron chi connectivity index (χ0n) is 10.4. The molecule has 0 bridgehead atoms. The van der Waals surface area contributed by atoms with Crippen LogP contribution in [0.4, 0.5) is 0 Å². The average Bonchev–Trinajstić information content (AvgIpc) is 2.37. The summed E-state index contributed by atoms with van der Waals surface area (Å²) in [5.74, 6) is 0. The predicted octanol–water partition coefficient (Wildman–Crippen LogP) is 2.40. The normalized spacial score (nSPS) is 29.3. The fourth-order valence-electron chi connectivity index (χ4n) is 1.87. The van der Waals surface area contributed by atoms with E-state index in [9.17, 15) is 0 Å². The second-order valence-corrected chi connectivity index (χ2v) is 5.96. The summed E-state index contributed by atoms with van der Waals surface area (Å²) in [6, 6.07) is 0. The van der Waals surface area contributed by atoms with Crippen LogP contribution in [0.15, 0.2) is 11.5 Å². The van der Waals surface area contributed by atoms with Gasteiger partial charge in [0.25, 0.3) is 0 Å². The second kappa shape index (κ2) is 4.02. The summed E-state index contributed by atoms with van der Waals surface area (Å²) in [6.07, 6.45) is 3.03. The molecule has 2 aliphatic rings.